The van der Waals surface area contributed by atoms with E-state index in [-0.39, 0.29) is 11.8 Å². The molecule has 20 heavy (non-hydrogen) atoms. The van der Waals surface area contributed by atoms with Gasteiger partial charge in [0.25, 0.3) is 11.8 Å². The average molecular weight is 274 g/mol. The summed E-state index contributed by atoms with van der Waals surface area (Å²) in [5, 5.41) is 4.22. The molecule has 0 aliphatic carbocycles. The van der Waals surface area contributed by atoms with Gasteiger partial charge in [0, 0.05) is 0 Å². The highest BCUT2D eigenvalue weighted by molar-refractivity contribution is 6.20. The van der Waals surface area contributed by atoms with Crippen molar-refractivity contribution in [3.8, 4) is 0 Å². The van der Waals surface area contributed by atoms with E-state index in [1.165, 1.54) is 0 Å². The van der Waals surface area contributed by atoms with Gasteiger partial charge >= 0.3 is 0 Å². The number of hydroxylamine groups is 2. The molecule has 0 saturated carbocycles. The Morgan fingerprint density at radius 1 is 1.10 bits per heavy atom. The maximum atomic E-state index is 12.1. The minimum atomic E-state index is -0.351. The molecule has 0 spiro atoms. The lowest BCUT2D eigenvalue weighted by atomic mass is 9.95. The van der Waals surface area contributed by atoms with Gasteiger partial charge in [0.15, 0.2) is 0 Å². The van der Waals surface area contributed by atoms with E-state index >= 15 is 0 Å². The highest BCUT2D eigenvalue weighted by atomic mass is 16.7. The standard InChI is InChI=1S/C15H18N2O3/c18-14-12-3-1-2-4-13(12)15(19)17(14)20-10-7-11-5-8-16-9-6-11/h1-4,11,16H,5-10H2. The van der Waals surface area contributed by atoms with Gasteiger partial charge in [-0.3, -0.25) is 14.4 Å². The third kappa shape index (κ3) is 2.46. The Morgan fingerprint density at radius 2 is 1.70 bits per heavy atom. The van der Waals surface area contributed by atoms with Crippen LogP contribution in [0.1, 0.15) is 40.0 Å². The number of hydrogen-bond donors (Lipinski definition) is 1. The summed E-state index contributed by atoms with van der Waals surface area (Å²) in [6, 6.07) is 6.82. The van der Waals surface area contributed by atoms with E-state index in [0.29, 0.717) is 23.7 Å². The van der Waals surface area contributed by atoms with Crippen LogP contribution < -0.4 is 5.32 Å². The first-order valence-corrected chi connectivity index (χ1v) is 7.09. The number of nitrogens with zero attached hydrogens (tertiary/aromatic N) is 1. The third-order valence-electron chi connectivity index (χ3n) is 3.96. The average Bonchev–Trinajstić information content (AvgIpc) is 2.74. The molecule has 5 nitrogen and oxygen atoms in total. The fraction of sp³-hybridized carbons (Fsp3) is 0.467. The Labute approximate surface area is 117 Å². The number of benzene rings is 1. The molecular weight excluding hydrogens is 256 g/mol. The van der Waals surface area contributed by atoms with Crippen LogP contribution in [0.3, 0.4) is 0 Å². The summed E-state index contributed by atoms with van der Waals surface area (Å²) in [7, 11) is 0. The first-order valence-electron chi connectivity index (χ1n) is 7.09. The summed E-state index contributed by atoms with van der Waals surface area (Å²) >= 11 is 0. The van der Waals surface area contributed by atoms with Gasteiger partial charge in [-0.1, -0.05) is 12.1 Å². The highest BCUT2D eigenvalue weighted by Crippen LogP contribution is 2.23. The zero-order valence-electron chi connectivity index (χ0n) is 11.3. The van der Waals surface area contributed by atoms with Gasteiger partial charge in [-0.2, -0.15) is 0 Å². The van der Waals surface area contributed by atoms with Gasteiger partial charge in [-0.05, 0) is 50.4 Å². The number of rotatable bonds is 4. The van der Waals surface area contributed by atoms with Crippen LogP contribution in [0.25, 0.3) is 0 Å². The van der Waals surface area contributed by atoms with Crippen molar-refractivity contribution in [2.75, 3.05) is 19.7 Å². The number of piperidine rings is 1. The Bertz CT molecular complexity index is 489. The molecule has 2 amide bonds. The minimum Gasteiger partial charge on any atom is -0.317 e. The number of fused-ring (bicyclic) bond motifs is 1. The van der Waals surface area contributed by atoms with Crippen LogP contribution in [0.4, 0.5) is 0 Å². The lowest BCUT2D eigenvalue weighted by molar-refractivity contribution is -0.0952. The van der Waals surface area contributed by atoms with E-state index in [1.807, 2.05) is 0 Å². The van der Waals surface area contributed by atoms with E-state index < -0.39 is 0 Å². The van der Waals surface area contributed by atoms with Gasteiger partial charge < -0.3 is 5.32 Å². The van der Waals surface area contributed by atoms with Crippen LogP contribution in [-0.4, -0.2) is 36.6 Å². The van der Waals surface area contributed by atoms with Crippen LogP contribution in [0.2, 0.25) is 0 Å². The van der Waals surface area contributed by atoms with Crippen molar-refractivity contribution in [3.63, 3.8) is 0 Å². The molecule has 106 valence electrons. The number of nitrogens with one attached hydrogen (secondary N) is 1. The zero-order chi connectivity index (χ0) is 13.9. The maximum absolute atomic E-state index is 12.1. The van der Waals surface area contributed by atoms with Crippen LogP contribution in [0.15, 0.2) is 24.3 Å². The van der Waals surface area contributed by atoms with Crippen LogP contribution in [0, 0.1) is 5.92 Å². The molecule has 2 aliphatic rings. The molecule has 0 unspecified atom stereocenters. The van der Waals surface area contributed by atoms with Crippen molar-refractivity contribution >= 4 is 11.8 Å². The van der Waals surface area contributed by atoms with Gasteiger partial charge in [0.1, 0.15) is 0 Å². The van der Waals surface area contributed by atoms with Gasteiger partial charge in [-0.15, -0.1) is 5.06 Å². The maximum Gasteiger partial charge on any atom is 0.285 e. The predicted molar refractivity (Wildman–Crippen MR) is 73.1 cm³/mol. The predicted octanol–water partition coefficient (Wildman–Crippen LogP) is 1.60. The van der Waals surface area contributed by atoms with E-state index in [9.17, 15) is 9.59 Å². The molecule has 5 heteroatoms. The largest absolute Gasteiger partial charge is 0.317 e. The van der Waals surface area contributed by atoms with Crippen molar-refractivity contribution in [2.24, 2.45) is 5.92 Å². The summed E-state index contributed by atoms with van der Waals surface area (Å²) in [4.78, 5) is 29.5. The molecule has 2 heterocycles. The number of carbonyl (C=O) groups is 2. The van der Waals surface area contributed by atoms with Crippen LogP contribution in [0.5, 0.6) is 0 Å². The molecule has 3 rings (SSSR count). The second kappa shape index (κ2) is 5.73. The SMILES string of the molecule is O=C1c2ccccc2C(=O)N1OCCC1CCNCC1. The molecule has 1 N–H and O–H groups in total. The smallest absolute Gasteiger partial charge is 0.285 e. The molecular formula is C15H18N2O3. The Balaban J connectivity index is 1.56. The minimum absolute atomic E-state index is 0.351. The Hall–Kier alpha value is -1.72. The van der Waals surface area contributed by atoms with Crippen molar-refractivity contribution < 1.29 is 14.4 Å². The van der Waals surface area contributed by atoms with Gasteiger partial charge in [0.2, 0.25) is 0 Å². The number of carbonyl (C=O) groups excluding carboxylic acids is 2. The summed E-state index contributed by atoms with van der Waals surface area (Å²) < 4.78 is 0. The lowest BCUT2D eigenvalue weighted by Crippen LogP contribution is -2.32. The van der Waals surface area contributed by atoms with Crippen LogP contribution >= 0.6 is 0 Å². The van der Waals surface area contributed by atoms with E-state index in [1.54, 1.807) is 24.3 Å². The molecule has 0 bridgehead atoms. The lowest BCUT2D eigenvalue weighted by Gasteiger charge is -2.23. The van der Waals surface area contributed by atoms with Gasteiger partial charge in [0.05, 0.1) is 17.7 Å². The monoisotopic (exact) mass is 274 g/mol. The zero-order valence-corrected chi connectivity index (χ0v) is 11.3. The Morgan fingerprint density at radius 3 is 2.30 bits per heavy atom. The molecule has 1 aromatic carbocycles. The number of imide groups is 1. The van der Waals surface area contributed by atoms with Crippen molar-refractivity contribution in [1.82, 2.24) is 10.4 Å². The van der Waals surface area contributed by atoms with Gasteiger partial charge in [-0.25, -0.2) is 0 Å². The molecule has 1 fully saturated rings. The first kappa shape index (κ1) is 13.3. The number of hydrogen-bond acceptors (Lipinski definition) is 4. The Kier molecular flexibility index (Phi) is 3.80. The van der Waals surface area contributed by atoms with E-state index in [4.69, 9.17) is 4.84 Å². The first-order chi connectivity index (χ1) is 9.77. The normalized spacial score (nSPS) is 19.5. The van der Waals surface area contributed by atoms with E-state index in [2.05, 4.69) is 5.32 Å². The summed E-state index contributed by atoms with van der Waals surface area (Å²) in [6.45, 7) is 2.49. The van der Waals surface area contributed by atoms with Crippen molar-refractivity contribution in [2.45, 2.75) is 19.3 Å². The molecule has 0 radical (unpaired) electrons. The second-order valence-corrected chi connectivity index (χ2v) is 5.27. The summed E-state index contributed by atoms with van der Waals surface area (Å²) in [6.07, 6.45) is 3.14. The summed E-state index contributed by atoms with van der Waals surface area (Å²) in [5.41, 5.74) is 0.860. The van der Waals surface area contributed by atoms with Crippen molar-refractivity contribution in [3.05, 3.63) is 35.4 Å². The molecule has 0 aromatic heterocycles. The second-order valence-electron chi connectivity index (χ2n) is 5.27. The topological polar surface area (TPSA) is 58.6 Å². The molecule has 1 aromatic rings. The fourth-order valence-electron chi connectivity index (χ4n) is 2.77. The fourth-order valence-corrected chi connectivity index (χ4v) is 2.77. The van der Waals surface area contributed by atoms with E-state index in [0.717, 1.165) is 37.4 Å². The summed E-state index contributed by atoms with van der Waals surface area (Å²) in [5.74, 6) is -0.0849. The molecule has 1 saturated heterocycles. The van der Waals surface area contributed by atoms with Crippen LogP contribution in [-0.2, 0) is 4.84 Å². The number of amides is 2. The molecule has 0 atom stereocenters. The third-order valence-corrected chi connectivity index (χ3v) is 3.96. The van der Waals surface area contributed by atoms with Crippen molar-refractivity contribution in [1.29, 1.82) is 0 Å². The highest BCUT2D eigenvalue weighted by Gasteiger charge is 2.36. The molecule has 2 aliphatic heterocycles. The quantitative estimate of drug-likeness (QED) is 0.847.